The van der Waals surface area contributed by atoms with Crippen molar-refractivity contribution >= 4 is 5.97 Å². The van der Waals surface area contributed by atoms with E-state index in [0.29, 0.717) is 92.5 Å². The Kier molecular flexibility index (Phi) is 30.9. The Morgan fingerprint density at radius 3 is 1.10 bits per heavy atom. The van der Waals surface area contributed by atoms with E-state index in [-0.39, 0.29) is 36.2 Å². The van der Waals surface area contributed by atoms with Gasteiger partial charge in [0.25, 0.3) is 0 Å². The summed E-state index contributed by atoms with van der Waals surface area (Å²) in [5.74, 6) is -1.24. The maximum atomic E-state index is 10.1. The van der Waals surface area contributed by atoms with E-state index in [1.165, 1.54) is 0 Å². The summed E-state index contributed by atoms with van der Waals surface area (Å²) in [5.41, 5.74) is 0. The summed E-state index contributed by atoms with van der Waals surface area (Å²) in [6.07, 6.45) is 1.70. The van der Waals surface area contributed by atoms with Crippen molar-refractivity contribution in [1.29, 1.82) is 0 Å². The molecule has 0 bridgehead atoms. The van der Waals surface area contributed by atoms with Gasteiger partial charge in [-0.15, -0.1) is 6.58 Å². The van der Waals surface area contributed by atoms with Gasteiger partial charge in [-0.2, -0.15) is 0 Å². The summed E-state index contributed by atoms with van der Waals surface area (Å²) in [6, 6.07) is 0. The van der Waals surface area contributed by atoms with Gasteiger partial charge in [0, 0.05) is 0 Å². The first-order chi connectivity index (χ1) is 14.3. The van der Waals surface area contributed by atoms with Gasteiger partial charge >= 0.3 is 29.6 Å². The van der Waals surface area contributed by atoms with Gasteiger partial charge in [-0.25, -0.2) is 0 Å². The molecule has 0 aliphatic rings. The van der Waals surface area contributed by atoms with Crippen molar-refractivity contribution in [3.63, 3.8) is 0 Å². The first kappa shape index (κ1) is 32.1. The number of carbonyl (C=O) groups is 1. The van der Waals surface area contributed by atoms with Crippen molar-refractivity contribution in [2.45, 2.75) is 0 Å². The topological polar surface area (TPSA) is 114 Å². The molecule has 0 spiro atoms. The molecule has 0 amide bonds. The first-order valence-corrected chi connectivity index (χ1v) is 9.70. The maximum absolute atomic E-state index is 10.1. The fourth-order valence-corrected chi connectivity index (χ4v) is 1.76. The number of hydrogen-bond acceptors (Lipinski definition) is 10. The van der Waals surface area contributed by atoms with Gasteiger partial charge in [0.15, 0.2) is 0 Å². The molecule has 0 heterocycles. The Labute approximate surface area is 201 Å². The van der Waals surface area contributed by atoms with Crippen molar-refractivity contribution < 1.29 is 77.4 Å². The molecule has 0 aliphatic heterocycles. The third-order valence-electron chi connectivity index (χ3n) is 3.06. The van der Waals surface area contributed by atoms with Crippen LogP contribution in [-0.4, -0.2) is 112 Å². The van der Waals surface area contributed by atoms with Crippen LogP contribution in [0.2, 0.25) is 0 Å². The van der Waals surface area contributed by atoms with E-state index >= 15 is 0 Å². The van der Waals surface area contributed by atoms with Gasteiger partial charge in [0.05, 0.1) is 112 Å². The molecular formula is C19H35NaO10. The third kappa shape index (κ3) is 30.1. The van der Waals surface area contributed by atoms with Crippen molar-refractivity contribution in [3.05, 3.63) is 12.7 Å². The van der Waals surface area contributed by atoms with Crippen LogP contribution in [0.15, 0.2) is 12.7 Å². The molecule has 0 aliphatic carbocycles. The predicted molar refractivity (Wildman–Crippen MR) is 102 cm³/mol. The number of rotatable bonds is 25. The van der Waals surface area contributed by atoms with E-state index in [0.717, 1.165) is 0 Å². The molecule has 0 saturated heterocycles. The first-order valence-electron chi connectivity index (χ1n) is 9.70. The Hall–Kier alpha value is -0.110. The molecule has 0 rings (SSSR count). The number of carboxylic acid groups (broad SMARTS) is 1. The molecule has 11 heteroatoms. The summed E-state index contributed by atoms with van der Waals surface area (Å²) in [7, 11) is 0. The summed E-state index contributed by atoms with van der Waals surface area (Å²) in [6.45, 7) is 10.1. The second-order valence-corrected chi connectivity index (χ2v) is 5.46. The number of aliphatic carboxylic acids is 1. The molecule has 0 saturated carbocycles. The van der Waals surface area contributed by atoms with E-state index in [4.69, 9.17) is 37.9 Å². The zero-order chi connectivity index (χ0) is 21.3. The van der Waals surface area contributed by atoms with Crippen molar-refractivity contribution in [3.8, 4) is 0 Å². The van der Waals surface area contributed by atoms with Gasteiger partial charge < -0.3 is 47.8 Å². The van der Waals surface area contributed by atoms with Crippen LogP contribution < -0.4 is 34.7 Å². The molecule has 0 atom stereocenters. The normalized spacial score (nSPS) is 10.7. The Bertz CT molecular complexity index is 360. The van der Waals surface area contributed by atoms with E-state index < -0.39 is 12.6 Å². The third-order valence-corrected chi connectivity index (χ3v) is 3.06. The number of hydrogen-bond donors (Lipinski definition) is 0. The fourth-order valence-electron chi connectivity index (χ4n) is 1.76. The monoisotopic (exact) mass is 446 g/mol. The minimum atomic E-state index is -1.24. The zero-order valence-electron chi connectivity index (χ0n) is 18.2. The van der Waals surface area contributed by atoms with Crippen LogP contribution in [0.1, 0.15) is 0 Å². The van der Waals surface area contributed by atoms with Crippen molar-refractivity contribution in [1.82, 2.24) is 0 Å². The molecular weight excluding hydrogens is 411 g/mol. The second-order valence-electron chi connectivity index (χ2n) is 5.46. The standard InChI is InChI=1S/C19H36O10.Na/c1-2-3-22-4-5-23-6-7-24-8-9-25-10-11-26-12-13-27-14-15-28-16-17-29-18-19(20)21;/h2H,1,3-18H2,(H,20,21);/q;+1/p-1. The van der Waals surface area contributed by atoms with Crippen LogP contribution in [-0.2, 0) is 42.7 Å². The average molecular weight is 446 g/mol. The fraction of sp³-hybridized carbons (Fsp3) is 0.842. The summed E-state index contributed by atoms with van der Waals surface area (Å²) in [4.78, 5) is 10.1. The van der Waals surface area contributed by atoms with Gasteiger partial charge in [-0.3, -0.25) is 0 Å². The molecule has 0 fully saturated rings. The summed E-state index contributed by atoms with van der Waals surface area (Å²) < 4.78 is 41.9. The molecule has 0 aromatic carbocycles. The molecule has 0 radical (unpaired) electrons. The van der Waals surface area contributed by atoms with Gasteiger partial charge in [0.1, 0.15) is 0 Å². The number of carbonyl (C=O) groups excluding carboxylic acids is 1. The molecule has 30 heavy (non-hydrogen) atoms. The van der Waals surface area contributed by atoms with E-state index in [2.05, 4.69) is 6.58 Å². The van der Waals surface area contributed by atoms with E-state index in [1.54, 1.807) is 6.08 Å². The average Bonchev–Trinajstić information content (AvgIpc) is 2.71. The Morgan fingerprint density at radius 1 is 0.567 bits per heavy atom. The van der Waals surface area contributed by atoms with Crippen LogP contribution in [0.3, 0.4) is 0 Å². The van der Waals surface area contributed by atoms with Crippen molar-refractivity contribution in [2.24, 2.45) is 0 Å². The zero-order valence-corrected chi connectivity index (χ0v) is 20.2. The number of carboxylic acids is 1. The summed E-state index contributed by atoms with van der Waals surface area (Å²) >= 11 is 0. The maximum Gasteiger partial charge on any atom is 1.00 e. The Morgan fingerprint density at radius 2 is 0.833 bits per heavy atom. The molecule has 0 unspecified atom stereocenters. The van der Waals surface area contributed by atoms with Gasteiger partial charge in [0.2, 0.25) is 0 Å². The second kappa shape index (κ2) is 28.9. The largest absolute Gasteiger partial charge is 1.00 e. The Balaban J connectivity index is 0. The van der Waals surface area contributed by atoms with E-state index in [1.807, 2.05) is 0 Å². The molecule has 0 aromatic rings. The van der Waals surface area contributed by atoms with E-state index in [9.17, 15) is 9.90 Å². The van der Waals surface area contributed by atoms with Gasteiger partial charge in [-0.1, -0.05) is 6.08 Å². The smallest absolute Gasteiger partial charge is 0.548 e. The van der Waals surface area contributed by atoms with Gasteiger partial charge in [-0.05, 0) is 0 Å². The van der Waals surface area contributed by atoms with Crippen LogP contribution >= 0.6 is 0 Å². The minimum absolute atomic E-state index is 0. The molecule has 0 aromatic heterocycles. The minimum Gasteiger partial charge on any atom is -0.548 e. The van der Waals surface area contributed by atoms with Crippen LogP contribution in [0.5, 0.6) is 0 Å². The van der Waals surface area contributed by atoms with Crippen LogP contribution in [0, 0.1) is 0 Å². The predicted octanol–water partition coefficient (Wildman–Crippen LogP) is -3.94. The molecule has 10 nitrogen and oxygen atoms in total. The summed E-state index contributed by atoms with van der Waals surface area (Å²) in [5, 5.41) is 10.1. The van der Waals surface area contributed by atoms with Crippen LogP contribution in [0.25, 0.3) is 0 Å². The number of ether oxygens (including phenoxy) is 8. The van der Waals surface area contributed by atoms with Crippen LogP contribution in [0.4, 0.5) is 0 Å². The SMILES string of the molecule is C=CCOCCOCCOCCOCCOCCOCCOCCOCC(=O)[O-].[Na+]. The molecule has 172 valence electrons. The molecule has 0 N–H and O–H groups in total. The quantitative estimate of drug-likeness (QED) is 0.0782. The van der Waals surface area contributed by atoms with Crippen molar-refractivity contribution in [2.75, 3.05) is 106 Å².